The highest BCUT2D eigenvalue weighted by molar-refractivity contribution is 5.97. The van der Waals surface area contributed by atoms with Crippen molar-refractivity contribution in [2.75, 3.05) is 0 Å². The van der Waals surface area contributed by atoms with Crippen LogP contribution >= 0.6 is 0 Å². The minimum Gasteiger partial charge on any atom is -0.480 e. The Bertz CT molecular complexity index is 462. The van der Waals surface area contributed by atoms with Crippen LogP contribution in [0.15, 0.2) is 30.3 Å². The average Bonchev–Trinajstić information content (AvgIpc) is 2.42. The van der Waals surface area contributed by atoms with E-state index in [9.17, 15) is 14.7 Å². The average molecular weight is 261 g/mol. The molecule has 2 rings (SSSR count). The summed E-state index contributed by atoms with van der Waals surface area (Å²) in [5.41, 5.74) is -0.596. The van der Waals surface area contributed by atoms with Crippen molar-refractivity contribution in [3.05, 3.63) is 35.9 Å². The van der Waals surface area contributed by atoms with Gasteiger partial charge in [-0.15, -0.1) is 0 Å². The number of carboxylic acid groups (broad SMARTS) is 1. The summed E-state index contributed by atoms with van der Waals surface area (Å²) < 4.78 is 0. The van der Waals surface area contributed by atoms with E-state index in [4.69, 9.17) is 0 Å². The van der Waals surface area contributed by atoms with Crippen LogP contribution in [0, 0.1) is 5.92 Å². The van der Waals surface area contributed by atoms with E-state index in [0.717, 1.165) is 12.8 Å². The molecule has 1 aromatic rings. The Balaban J connectivity index is 2.14. The molecule has 2 N–H and O–H groups in total. The van der Waals surface area contributed by atoms with Crippen LogP contribution in [-0.4, -0.2) is 22.5 Å². The Morgan fingerprint density at radius 1 is 1.21 bits per heavy atom. The Hall–Kier alpha value is -1.84. The number of aliphatic carboxylic acids is 1. The maximum absolute atomic E-state index is 12.1. The maximum atomic E-state index is 12.1. The van der Waals surface area contributed by atoms with Gasteiger partial charge in [0.05, 0.1) is 0 Å². The topological polar surface area (TPSA) is 66.4 Å². The fourth-order valence-electron chi connectivity index (χ4n) is 2.53. The highest BCUT2D eigenvalue weighted by atomic mass is 16.4. The third-order valence-electron chi connectivity index (χ3n) is 3.93. The first kappa shape index (κ1) is 13.6. The molecule has 1 saturated carbocycles. The molecule has 1 aliphatic carbocycles. The fraction of sp³-hybridized carbons (Fsp3) is 0.467. The van der Waals surface area contributed by atoms with Crippen LogP contribution in [0.1, 0.15) is 43.0 Å². The second-order valence-electron chi connectivity index (χ2n) is 5.39. The molecule has 0 atom stereocenters. The van der Waals surface area contributed by atoms with Gasteiger partial charge in [-0.3, -0.25) is 4.79 Å². The van der Waals surface area contributed by atoms with Crippen LogP contribution in [-0.2, 0) is 4.79 Å². The Kier molecular flexibility index (Phi) is 3.88. The summed E-state index contributed by atoms with van der Waals surface area (Å²) in [5.74, 6) is -0.706. The third-order valence-corrected chi connectivity index (χ3v) is 3.93. The minimum atomic E-state index is -1.10. The number of carboxylic acids is 1. The summed E-state index contributed by atoms with van der Waals surface area (Å²) in [6.07, 6.45) is 2.67. The zero-order valence-corrected chi connectivity index (χ0v) is 11.1. The zero-order valence-electron chi connectivity index (χ0n) is 11.1. The first-order valence-electron chi connectivity index (χ1n) is 6.64. The summed E-state index contributed by atoms with van der Waals surface area (Å²) in [7, 11) is 0. The van der Waals surface area contributed by atoms with Gasteiger partial charge in [0.15, 0.2) is 0 Å². The molecule has 1 aromatic carbocycles. The summed E-state index contributed by atoms with van der Waals surface area (Å²) in [4.78, 5) is 23.7. The summed E-state index contributed by atoms with van der Waals surface area (Å²) in [6.45, 7) is 2.12. The van der Waals surface area contributed by atoms with Gasteiger partial charge in [-0.2, -0.15) is 0 Å². The molecule has 0 bridgehead atoms. The predicted molar refractivity (Wildman–Crippen MR) is 71.9 cm³/mol. The molecule has 0 saturated heterocycles. The summed E-state index contributed by atoms with van der Waals surface area (Å²) >= 11 is 0. The van der Waals surface area contributed by atoms with Crippen molar-refractivity contribution in [1.82, 2.24) is 5.32 Å². The van der Waals surface area contributed by atoms with E-state index in [1.165, 1.54) is 0 Å². The quantitative estimate of drug-likeness (QED) is 0.878. The first-order valence-corrected chi connectivity index (χ1v) is 6.64. The molecule has 0 radical (unpaired) electrons. The van der Waals surface area contributed by atoms with Gasteiger partial charge in [0.1, 0.15) is 5.54 Å². The van der Waals surface area contributed by atoms with Crippen LogP contribution < -0.4 is 5.32 Å². The van der Waals surface area contributed by atoms with Gasteiger partial charge in [0.2, 0.25) is 0 Å². The van der Waals surface area contributed by atoms with E-state index < -0.39 is 11.5 Å². The van der Waals surface area contributed by atoms with Crippen LogP contribution in [0.4, 0.5) is 0 Å². The lowest BCUT2D eigenvalue weighted by molar-refractivity contribution is -0.146. The minimum absolute atomic E-state index is 0.308. The second kappa shape index (κ2) is 5.43. The second-order valence-corrected chi connectivity index (χ2v) is 5.39. The molecule has 0 aromatic heterocycles. The fourth-order valence-corrected chi connectivity index (χ4v) is 2.53. The lowest BCUT2D eigenvalue weighted by Gasteiger charge is -2.36. The molecule has 1 amide bonds. The van der Waals surface area contributed by atoms with Crippen molar-refractivity contribution < 1.29 is 14.7 Å². The van der Waals surface area contributed by atoms with Crippen molar-refractivity contribution in [2.24, 2.45) is 5.92 Å². The van der Waals surface area contributed by atoms with Gasteiger partial charge in [-0.05, 0) is 43.7 Å². The molecule has 0 spiro atoms. The summed E-state index contributed by atoms with van der Waals surface area (Å²) in [5, 5.41) is 12.2. The number of nitrogens with one attached hydrogen (secondary N) is 1. The van der Waals surface area contributed by atoms with Gasteiger partial charge < -0.3 is 10.4 Å². The molecule has 0 heterocycles. The van der Waals surface area contributed by atoms with Gasteiger partial charge in [-0.1, -0.05) is 25.1 Å². The van der Waals surface area contributed by atoms with Gasteiger partial charge in [-0.25, -0.2) is 4.79 Å². The van der Waals surface area contributed by atoms with E-state index in [1.807, 2.05) is 6.07 Å². The van der Waals surface area contributed by atoms with E-state index in [2.05, 4.69) is 12.2 Å². The number of amides is 1. The van der Waals surface area contributed by atoms with E-state index >= 15 is 0 Å². The monoisotopic (exact) mass is 261 g/mol. The molecule has 102 valence electrons. The molecule has 4 heteroatoms. The van der Waals surface area contributed by atoms with E-state index in [1.54, 1.807) is 24.3 Å². The van der Waals surface area contributed by atoms with Crippen molar-refractivity contribution in [2.45, 2.75) is 38.1 Å². The number of benzene rings is 1. The highest BCUT2D eigenvalue weighted by Crippen LogP contribution is 2.32. The number of hydrogen-bond acceptors (Lipinski definition) is 2. The van der Waals surface area contributed by atoms with Crippen LogP contribution in [0.5, 0.6) is 0 Å². The predicted octanol–water partition coefficient (Wildman–Crippen LogP) is 2.45. The third kappa shape index (κ3) is 2.95. The number of carbonyl (C=O) groups is 2. The molecule has 1 aliphatic rings. The van der Waals surface area contributed by atoms with Gasteiger partial charge in [0.25, 0.3) is 5.91 Å². The Labute approximate surface area is 112 Å². The molecular weight excluding hydrogens is 242 g/mol. The smallest absolute Gasteiger partial charge is 0.329 e. The number of carbonyl (C=O) groups excluding carboxylic acids is 1. The Morgan fingerprint density at radius 3 is 2.32 bits per heavy atom. The molecule has 19 heavy (non-hydrogen) atoms. The van der Waals surface area contributed by atoms with Crippen molar-refractivity contribution in [3.63, 3.8) is 0 Å². The van der Waals surface area contributed by atoms with Crippen LogP contribution in [0.2, 0.25) is 0 Å². The van der Waals surface area contributed by atoms with Crippen molar-refractivity contribution in [1.29, 1.82) is 0 Å². The van der Waals surface area contributed by atoms with Crippen LogP contribution in [0.3, 0.4) is 0 Å². The molecular formula is C15H19NO3. The highest BCUT2D eigenvalue weighted by Gasteiger charge is 2.42. The van der Waals surface area contributed by atoms with Crippen molar-refractivity contribution in [3.8, 4) is 0 Å². The Morgan fingerprint density at radius 2 is 1.79 bits per heavy atom. The number of hydrogen-bond donors (Lipinski definition) is 2. The standard InChI is InChI=1S/C15H19NO3/c1-11-7-9-15(10-8-11,14(18)19)16-13(17)12-5-3-2-4-6-12/h2-6,11H,7-10H2,1H3,(H,16,17)(H,18,19). The molecule has 0 unspecified atom stereocenters. The molecule has 4 nitrogen and oxygen atoms in total. The summed E-state index contributed by atoms with van der Waals surface area (Å²) in [6, 6.07) is 8.75. The molecule has 0 aliphatic heterocycles. The van der Waals surface area contributed by atoms with Crippen LogP contribution in [0.25, 0.3) is 0 Å². The SMILES string of the molecule is CC1CCC(NC(=O)c2ccccc2)(C(=O)O)CC1. The van der Waals surface area contributed by atoms with Gasteiger partial charge >= 0.3 is 5.97 Å². The van der Waals surface area contributed by atoms with Gasteiger partial charge in [0, 0.05) is 5.56 Å². The lowest BCUT2D eigenvalue weighted by atomic mass is 9.77. The lowest BCUT2D eigenvalue weighted by Crippen LogP contribution is -2.56. The maximum Gasteiger partial charge on any atom is 0.329 e. The van der Waals surface area contributed by atoms with E-state index in [-0.39, 0.29) is 5.91 Å². The zero-order chi connectivity index (χ0) is 13.9. The normalized spacial score (nSPS) is 26.7. The van der Waals surface area contributed by atoms with Crippen molar-refractivity contribution >= 4 is 11.9 Å². The largest absolute Gasteiger partial charge is 0.480 e. The number of rotatable bonds is 3. The van der Waals surface area contributed by atoms with E-state index in [0.29, 0.717) is 24.3 Å². The molecule has 1 fully saturated rings. The first-order chi connectivity index (χ1) is 9.03.